The summed E-state index contributed by atoms with van der Waals surface area (Å²) in [5, 5.41) is 14.3. The molecule has 5 rings (SSSR count). The predicted octanol–water partition coefficient (Wildman–Crippen LogP) is 1.09. The summed E-state index contributed by atoms with van der Waals surface area (Å²) in [6, 6.07) is 4.66. The second-order valence-corrected chi connectivity index (χ2v) is 9.55. The van der Waals surface area contributed by atoms with Crippen molar-refractivity contribution in [2.45, 2.75) is 45.6 Å². The summed E-state index contributed by atoms with van der Waals surface area (Å²) in [6.07, 6.45) is 0.0291. The summed E-state index contributed by atoms with van der Waals surface area (Å²) < 4.78 is 32.4. The number of halogens is 1. The number of rotatable bonds is 9. The molecule has 206 valence electrons. The summed E-state index contributed by atoms with van der Waals surface area (Å²) in [4.78, 5) is 41.9. The minimum atomic E-state index is -1.94. The van der Waals surface area contributed by atoms with E-state index in [1.54, 1.807) is 26.0 Å². The number of carbonyl (C=O) groups is 2. The monoisotopic (exact) mass is 540 g/mol. The predicted molar refractivity (Wildman–Crippen MR) is 137 cm³/mol. The van der Waals surface area contributed by atoms with Gasteiger partial charge in [-0.2, -0.15) is 0 Å². The number of aryl methyl sites for hydroxylation is 1. The van der Waals surface area contributed by atoms with E-state index in [0.717, 1.165) is 11.1 Å². The average molecular weight is 541 g/mol. The normalized spacial score (nSPS) is 17.5. The number of ether oxygens (including phenoxy) is 3. The maximum Gasteiger partial charge on any atom is 0.343 e. The summed E-state index contributed by atoms with van der Waals surface area (Å²) in [6.45, 7) is 3.68. The maximum atomic E-state index is 14.6. The first kappa shape index (κ1) is 26.9. The summed E-state index contributed by atoms with van der Waals surface area (Å²) in [5.41, 5.74) is 6.53. The molecule has 0 saturated carbocycles. The van der Waals surface area contributed by atoms with Crippen molar-refractivity contribution in [3.63, 3.8) is 0 Å². The van der Waals surface area contributed by atoms with Gasteiger partial charge in [0.1, 0.15) is 19.2 Å². The van der Waals surface area contributed by atoms with Gasteiger partial charge in [-0.3, -0.25) is 9.59 Å². The highest BCUT2D eigenvalue weighted by Crippen LogP contribution is 2.40. The highest BCUT2D eigenvalue weighted by atomic mass is 19.1. The van der Waals surface area contributed by atoms with Crippen molar-refractivity contribution in [1.29, 1.82) is 0 Å². The second-order valence-electron chi connectivity index (χ2n) is 9.55. The van der Waals surface area contributed by atoms with Crippen LogP contribution in [0.4, 0.5) is 4.39 Å². The summed E-state index contributed by atoms with van der Waals surface area (Å²) in [5.74, 6) is -1.55. The van der Waals surface area contributed by atoms with Crippen LogP contribution >= 0.6 is 0 Å². The number of nitrogens with zero attached hydrogens (tertiary/aromatic N) is 2. The van der Waals surface area contributed by atoms with Gasteiger partial charge in [-0.05, 0) is 36.6 Å². The van der Waals surface area contributed by atoms with Crippen LogP contribution in [-0.2, 0) is 49.2 Å². The molecule has 1 aromatic carbocycles. The zero-order valence-corrected chi connectivity index (χ0v) is 21.6. The molecule has 1 amide bonds. The molecule has 2 aliphatic heterocycles. The first-order chi connectivity index (χ1) is 18.7. The van der Waals surface area contributed by atoms with Gasteiger partial charge in [0, 0.05) is 22.6 Å². The van der Waals surface area contributed by atoms with Crippen LogP contribution in [0.5, 0.6) is 0 Å². The van der Waals surface area contributed by atoms with Crippen LogP contribution in [0.2, 0.25) is 0 Å². The number of nitrogens with one attached hydrogen (secondary N) is 1. The van der Waals surface area contributed by atoms with Gasteiger partial charge in [0.25, 0.3) is 5.56 Å². The van der Waals surface area contributed by atoms with E-state index < -0.39 is 17.4 Å². The van der Waals surface area contributed by atoms with Crippen molar-refractivity contribution in [2.24, 2.45) is 5.73 Å². The molecule has 4 heterocycles. The fraction of sp³-hybridized carbons (Fsp3) is 0.407. The molecule has 0 unspecified atom stereocenters. The van der Waals surface area contributed by atoms with Crippen LogP contribution in [0.15, 0.2) is 23.0 Å². The number of esters is 1. The Morgan fingerprint density at radius 2 is 2.03 bits per heavy atom. The lowest BCUT2D eigenvalue weighted by Gasteiger charge is -2.31. The molecular formula is C27H29FN4O7. The molecule has 0 aliphatic carbocycles. The number of carbonyl (C=O) groups excluding carboxylic acids is 2. The van der Waals surface area contributed by atoms with E-state index >= 15 is 0 Å². The van der Waals surface area contributed by atoms with Gasteiger partial charge >= 0.3 is 5.97 Å². The zero-order chi connectivity index (χ0) is 27.9. The topological polar surface area (TPSA) is 155 Å². The third-order valence-corrected chi connectivity index (χ3v) is 7.26. The van der Waals surface area contributed by atoms with Crippen molar-refractivity contribution in [3.05, 3.63) is 62.2 Å². The Morgan fingerprint density at radius 1 is 1.26 bits per heavy atom. The Bertz CT molecular complexity index is 1550. The minimum absolute atomic E-state index is 0.00463. The first-order valence-corrected chi connectivity index (χ1v) is 12.6. The van der Waals surface area contributed by atoms with Crippen molar-refractivity contribution >= 4 is 22.8 Å². The number of amides is 1. The lowest BCUT2D eigenvalue weighted by molar-refractivity contribution is -0.172. The molecule has 3 aromatic rings. The van der Waals surface area contributed by atoms with Crippen molar-refractivity contribution < 1.29 is 33.3 Å². The molecule has 0 saturated heterocycles. The smallest absolute Gasteiger partial charge is 0.343 e. The van der Waals surface area contributed by atoms with Gasteiger partial charge < -0.3 is 34.9 Å². The van der Waals surface area contributed by atoms with E-state index in [-0.39, 0.29) is 75.3 Å². The lowest BCUT2D eigenvalue weighted by Crippen LogP contribution is -2.44. The molecule has 0 spiro atoms. The average Bonchev–Trinajstić information content (AvgIpc) is 3.29. The molecule has 0 radical (unpaired) electrons. The van der Waals surface area contributed by atoms with Crippen LogP contribution in [0.25, 0.3) is 22.3 Å². The number of nitrogens with two attached hydrogens (primary N) is 1. The molecular weight excluding hydrogens is 511 g/mol. The Hall–Kier alpha value is -3.71. The number of fused-ring (bicyclic) bond motifs is 5. The number of aromatic nitrogens is 2. The Labute approximate surface area is 222 Å². The number of benzene rings is 1. The van der Waals surface area contributed by atoms with Gasteiger partial charge in [-0.25, -0.2) is 14.2 Å². The van der Waals surface area contributed by atoms with Crippen LogP contribution in [0, 0.1) is 12.7 Å². The number of hydrogen-bond donors (Lipinski definition) is 3. The fourth-order valence-corrected chi connectivity index (χ4v) is 5.02. The Kier molecular flexibility index (Phi) is 7.21. The van der Waals surface area contributed by atoms with Gasteiger partial charge in [-0.15, -0.1) is 0 Å². The standard InChI is InChI=1S/C27H29FN4O7/c1-3-27(36)19-7-22-24-16(10-32(22)25(34)18(19)12-39-26(27)35)17(11-37-4-5-38-13-30-23(33)9-29)15-6-14(2)20(28)8-21(15)31-24/h6-8,36H,3-5,9-13,29H2,1-2H3,(H,30,33)/t27-/m0/s1. The number of aliphatic hydroxyl groups is 1. The highest BCUT2D eigenvalue weighted by molar-refractivity contribution is 5.89. The van der Waals surface area contributed by atoms with Crippen molar-refractivity contribution in [3.8, 4) is 11.4 Å². The van der Waals surface area contributed by atoms with Gasteiger partial charge in [0.2, 0.25) is 5.91 Å². The summed E-state index contributed by atoms with van der Waals surface area (Å²) in [7, 11) is 0. The first-order valence-electron chi connectivity index (χ1n) is 12.6. The van der Waals surface area contributed by atoms with Gasteiger partial charge in [-0.1, -0.05) is 6.92 Å². The summed E-state index contributed by atoms with van der Waals surface area (Å²) >= 11 is 0. The van der Waals surface area contributed by atoms with E-state index in [9.17, 15) is 23.9 Å². The number of cyclic esters (lactones) is 1. The number of pyridine rings is 2. The third kappa shape index (κ3) is 4.59. The zero-order valence-electron chi connectivity index (χ0n) is 21.6. The molecule has 2 aliphatic rings. The van der Waals surface area contributed by atoms with Crippen molar-refractivity contribution in [1.82, 2.24) is 14.9 Å². The molecule has 11 nitrogen and oxygen atoms in total. The second kappa shape index (κ2) is 10.5. The minimum Gasteiger partial charge on any atom is -0.458 e. The SMILES string of the molecule is CC[C@@]1(O)C(=O)OCc2c1cc1n(c2=O)Cc2c-1nc1cc(F)c(C)cc1c2COCCOCNC(=O)CN. The molecule has 0 fully saturated rings. The van der Waals surface area contributed by atoms with Crippen LogP contribution in [0.3, 0.4) is 0 Å². The molecule has 4 N–H and O–H groups in total. The van der Waals surface area contributed by atoms with E-state index in [0.29, 0.717) is 27.9 Å². The molecule has 2 aromatic heterocycles. The molecule has 39 heavy (non-hydrogen) atoms. The lowest BCUT2D eigenvalue weighted by atomic mass is 9.86. The maximum absolute atomic E-state index is 14.6. The van der Waals surface area contributed by atoms with Gasteiger partial charge in [0.15, 0.2) is 5.60 Å². The van der Waals surface area contributed by atoms with Crippen LogP contribution in [-0.4, -0.2) is 53.0 Å². The Balaban J connectivity index is 1.52. The molecule has 0 bridgehead atoms. The van der Waals surface area contributed by atoms with Crippen LogP contribution in [0.1, 0.15) is 41.2 Å². The molecule has 12 heteroatoms. The van der Waals surface area contributed by atoms with Crippen molar-refractivity contribution in [2.75, 3.05) is 26.5 Å². The quantitative estimate of drug-likeness (QED) is 0.161. The Morgan fingerprint density at radius 3 is 2.77 bits per heavy atom. The largest absolute Gasteiger partial charge is 0.458 e. The van der Waals surface area contributed by atoms with Crippen LogP contribution < -0.4 is 16.6 Å². The van der Waals surface area contributed by atoms with E-state index in [1.807, 2.05) is 0 Å². The fourth-order valence-electron chi connectivity index (χ4n) is 5.02. The van der Waals surface area contributed by atoms with E-state index in [4.69, 9.17) is 24.9 Å². The third-order valence-electron chi connectivity index (χ3n) is 7.26. The van der Waals surface area contributed by atoms with E-state index in [1.165, 1.54) is 10.6 Å². The molecule has 1 atom stereocenters. The van der Waals surface area contributed by atoms with E-state index in [2.05, 4.69) is 5.32 Å². The number of hydrogen-bond acceptors (Lipinski definition) is 9. The van der Waals surface area contributed by atoms with Gasteiger partial charge in [0.05, 0.1) is 55.4 Å². The highest BCUT2D eigenvalue weighted by Gasteiger charge is 2.45.